The lowest BCUT2D eigenvalue weighted by atomic mass is 10.1. The van der Waals surface area contributed by atoms with Gasteiger partial charge in [-0.15, -0.1) is 11.3 Å². The van der Waals surface area contributed by atoms with Gasteiger partial charge in [0.15, 0.2) is 22.3 Å². The molecule has 25 heavy (non-hydrogen) atoms. The van der Waals surface area contributed by atoms with E-state index in [-0.39, 0.29) is 23.5 Å². The van der Waals surface area contributed by atoms with Crippen LogP contribution in [-0.4, -0.2) is 38.5 Å². The molecule has 0 spiro atoms. The number of quaternary nitrogens is 1. The SMILES string of the molecule is Cc1sc2c(c1C)C[NH+](C1CCS(=O)(=O)C1)CN2C(=O)c1ccco1. The lowest BCUT2D eigenvalue weighted by Crippen LogP contribution is -3.17. The second kappa shape index (κ2) is 5.96. The van der Waals surface area contributed by atoms with E-state index in [2.05, 4.69) is 13.8 Å². The number of carbonyl (C=O) groups is 1. The highest BCUT2D eigenvalue weighted by molar-refractivity contribution is 7.91. The molecule has 0 bridgehead atoms. The zero-order valence-electron chi connectivity index (χ0n) is 14.2. The number of aryl methyl sites for hydroxylation is 1. The van der Waals surface area contributed by atoms with Gasteiger partial charge < -0.3 is 9.32 Å². The Morgan fingerprint density at radius 2 is 2.20 bits per heavy atom. The van der Waals surface area contributed by atoms with Crippen LogP contribution in [-0.2, 0) is 16.4 Å². The van der Waals surface area contributed by atoms with Crippen LogP contribution in [0.15, 0.2) is 22.8 Å². The molecule has 6 nitrogen and oxygen atoms in total. The van der Waals surface area contributed by atoms with Crippen LogP contribution >= 0.6 is 11.3 Å². The number of amides is 1. The maximum absolute atomic E-state index is 12.9. The number of nitrogens with one attached hydrogen (secondary N) is 1. The van der Waals surface area contributed by atoms with Crippen LogP contribution in [0, 0.1) is 13.8 Å². The average Bonchev–Trinajstić information content (AvgIpc) is 3.28. The van der Waals surface area contributed by atoms with Crippen molar-refractivity contribution in [2.75, 3.05) is 23.1 Å². The molecule has 1 fully saturated rings. The van der Waals surface area contributed by atoms with Crippen LogP contribution < -0.4 is 9.80 Å². The largest absolute Gasteiger partial charge is 0.459 e. The van der Waals surface area contributed by atoms with E-state index in [4.69, 9.17) is 4.42 Å². The summed E-state index contributed by atoms with van der Waals surface area (Å²) in [6, 6.07) is 3.42. The molecule has 2 aromatic rings. The first-order chi connectivity index (χ1) is 11.9. The fourth-order valence-corrected chi connectivity index (χ4v) is 6.73. The zero-order valence-corrected chi connectivity index (χ0v) is 15.9. The van der Waals surface area contributed by atoms with E-state index < -0.39 is 9.84 Å². The normalized spacial score (nSPS) is 25.1. The van der Waals surface area contributed by atoms with Gasteiger partial charge in [0, 0.05) is 16.9 Å². The molecule has 2 aliphatic heterocycles. The van der Waals surface area contributed by atoms with Gasteiger partial charge in [0.25, 0.3) is 5.91 Å². The van der Waals surface area contributed by atoms with Gasteiger partial charge in [0.2, 0.25) is 0 Å². The summed E-state index contributed by atoms with van der Waals surface area (Å²) < 4.78 is 29.1. The minimum absolute atomic E-state index is 0.0460. The molecular formula is C17H21N2O4S2+. The van der Waals surface area contributed by atoms with E-state index in [0.29, 0.717) is 18.8 Å². The summed E-state index contributed by atoms with van der Waals surface area (Å²) in [4.78, 5) is 17.1. The third kappa shape index (κ3) is 2.92. The topological polar surface area (TPSA) is 72.0 Å². The van der Waals surface area contributed by atoms with Crippen LogP contribution in [0.3, 0.4) is 0 Å². The first kappa shape index (κ1) is 16.8. The van der Waals surface area contributed by atoms with Crippen LogP contribution in [0.25, 0.3) is 0 Å². The quantitative estimate of drug-likeness (QED) is 0.847. The Hall–Kier alpha value is -1.64. The number of thiophene rings is 1. The van der Waals surface area contributed by atoms with E-state index in [9.17, 15) is 13.2 Å². The van der Waals surface area contributed by atoms with Crippen molar-refractivity contribution in [3.05, 3.63) is 40.2 Å². The molecule has 134 valence electrons. The zero-order chi connectivity index (χ0) is 17.8. The number of hydrogen-bond donors (Lipinski definition) is 1. The highest BCUT2D eigenvalue weighted by Crippen LogP contribution is 2.37. The first-order valence-electron chi connectivity index (χ1n) is 8.35. The van der Waals surface area contributed by atoms with Crippen LogP contribution in [0.1, 0.15) is 33.0 Å². The molecule has 0 aliphatic carbocycles. The third-order valence-corrected chi connectivity index (χ3v) is 8.33. The van der Waals surface area contributed by atoms with E-state index in [1.54, 1.807) is 28.4 Å². The fourth-order valence-electron chi connectivity index (χ4n) is 3.73. The summed E-state index contributed by atoms with van der Waals surface area (Å²) in [7, 11) is -2.95. The molecule has 0 radical (unpaired) electrons. The van der Waals surface area contributed by atoms with Gasteiger partial charge in [-0.2, -0.15) is 0 Å². The highest BCUT2D eigenvalue weighted by Gasteiger charge is 2.41. The molecule has 2 atom stereocenters. The number of rotatable bonds is 2. The van der Waals surface area contributed by atoms with Crippen molar-refractivity contribution in [2.45, 2.75) is 32.9 Å². The van der Waals surface area contributed by atoms with E-state index >= 15 is 0 Å². The minimum Gasteiger partial charge on any atom is -0.459 e. The Morgan fingerprint density at radius 1 is 1.40 bits per heavy atom. The standard InChI is InChI=1S/C17H20N2O4S2/c1-11-12(2)24-17-14(11)8-18(13-5-7-25(21,22)9-13)10-19(17)16(20)15-4-3-6-23-15/h3-4,6,13H,5,7-10H2,1-2H3/p+1. The molecule has 1 N–H and O–H groups in total. The predicted molar refractivity (Wildman–Crippen MR) is 95.9 cm³/mol. The fraction of sp³-hybridized carbons (Fsp3) is 0.471. The molecular weight excluding hydrogens is 360 g/mol. The molecule has 0 aromatic carbocycles. The Labute approximate surface area is 151 Å². The second-order valence-corrected chi connectivity index (χ2v) is 10.3. The van der Waals surface area contributed by atoms with Gasteiger partial charge in [0.05, 0.1) is 12.0 Å². The summed E-state index contributed by atoms with van der Waals surface area (Å²) in [6.07, 6.45) is 2.16. The van der Waals surface area contributed by atoms with Gasteiger partial charge in [0.1, 0.15) is 23.3 Å². The smallest absolute Gasteiger partial charge is 0.298 e. The van der Waals surface area contributed by atoms with Crippen LogP contribution in [0.2, 0.25) is 0 Å². The maximum Gasteiger partial charge on any atom is 0.298 e. The molecule has 2 unspecified atom stereocenters. The average molecular weight is 381 g/mol. The summed E-state index contributed by atoms with van der Waals surface area (Å²) >= 11 is 1.63. The Morgan fingerprint density at radius 3 is 2.84 bits per heavy atom. The van der Waals surface area contributed by atoms with Crippen molar-refractivity contribution in [3.8, 4) is 0 Å². The van der Waals surface area contributed by atoms with Gasteiger partial charge in [-0.3, -0.25) is 4.79 Å². The minimum atomic E-state index is -2.95. The molecule has 1 saturated heterocycles. The van der Waals surface area contributed by atoms with Crippen molar-refractivity contribution in [1.29, 1.82) is 0 Å². The monoisotopic (exact) mass is 381 g/mol. The number of carbonyl (C=O) groups excluding carboxylic acids is 1. The van der Waals surface area contributed by atoms with Crippen LogP contribution in [0.4, 0.5) is 5.00 Å². The molecule has 4 heterocycles. The molecule has 2 aliphatic rings. The van der Waals surface area contributed by atoms with Crippen molar-refractivity contribution >= 4 is 32.1 Å². The molecule has 2 aromatic heterocycles. The van der Waals surface area contributed by atoms with E-state index in [1.807, 2.05) is 0 Å². The number of fused-ring (bicyclic) bond motifs is 1. The van der Waals surface area contributed by atoms with Gasteiger partial charge in [-0.25, -0.2) is 13.3 Å². The van der Waals surface area contributed by atoms with E-state index in [0.717, 1.165) is 22.0 Å². The van der Waals surface area contributed by atoms with Crippen LogP contribution in [0.5, 0.6) is 0 Å². The van der Waals surface area contributed by atoms with Crippen molar-refractivity contribution in [2.24, 2.45) is 0 Å². The molecule has 4 rings (SSSR count). The third-order valence-electron chi connectivity index (χ3n) is 5.29. The number of furan rings is 1. The number of nitrogens with zero attached hydrogens (tertiary/aromatic N) is 1. The second-order valence-electron chi connectivity index (χ2n) is 6.87. The van der Waals surface area contributed by atoms with Gasteiger partial charge in [-0.1, -0.05) is 0 Å². The molecule has 1 amide bonds. The van der Waals surface area contributed by atoms with Crippen molar-refractivity contribution < 1.29 is 22.5 Å². The molecule has 8 heteroatoms. The Kier molecular flexibility index (Phi) is 4.01. The first-order valence-corrected chi connectivity index (χ1v) is 11.0. The van der Waals surface area contributed by atoms with Crippen molar-refractivity contribution in [3.63, 3.8) is 0 Å². The maximum atomic E-state index is 12.9. The number of sulfone groups is 1. The lowest BCUT2D eigenvalue weighted by Gasteiger charge is -2.35. The summed E-state index contributed by atoms with van der Waals surface area (Å²) in [6.45, 7) is 5.39. The molecule has 0 saturated carbocycles. The summed E-state index contributed by atoms with van der Waals surface area (Å²) in [5.74, 6) is 0.616. The van der Waals surface area contributed by atoms with Gasteiger partial charge in [-0.05, 0) is 31.5 Å². The number of anilines is 1. The predicted octanol–water partition coefficient (Wildman–Crippen LogP) is 1.15. The summed E-state index contributed by atoms with van der Waals surface area (Å²) in [5, 5.41) is 0.973. The number of hydrogen-bond acceptors (Lipinski definition) is 5. The van der Waals surface area contributed by atoms with E-state index in [1.165, 1.54) is 16.7 Å². The van der Waals surface area contributed by atoms with Crippen molar-refractivity contribution in [1.82, 2.24) is 0 Å². The van der Waals surface area contributed by atoms with Gasteiger partial charge >= 0.3 is 0 Å². The Bertz CT molecular complexity index is 915. The Balaban J connectivity index is 1.71. The highest BCUT2D eigenvalue weighted by atomic mass is 32.2. The lowest BCUT2D eigenvalue weighted by molar-refractivity contribution is -0.936. The summed E-state index contributed by atoms with van der Waals surface area (Å²) in [5.41, 5.74) is 2.36.